The Balaban J connectivity index is 2.42. The van der Waals surface area contributed by atoms with Gasteiger partial charge in [0.2, 0.25) is 0 Å². The second-order valence-corrected chi connectivity index (χ2v) is 3.78. The largest absolute Gasteiger partial charge is 0.330 e. The Bertz CT molecular complexity index is 478. The molecule has 1 aromatic heterocycles. The molecule has 5 heteroatoms. The molecule has 0 fully saturated rings. The lowest BCUT2D eigenvalue weighted by Gasteiger charge is -2.23. The number of benzene rings is 1. The summed E-state index contributed by atoms with van der Waals surface area (Å²) in [4.78, 5) is 15.2. The summed E-state index contributed by atoms with van der Waals surface area (Å²) in [6.45, 7) is 0. The summed E-state index contributed by atoms with van der Waals surface area (Å²) < 4.78 is 0. The molecule has 0 aliphatic carbocycles. The molecule has 0 aliphatic rings. The van der Waals surface area contributed by atoms with Gasteiger partial charge in [0.05, 0.1) is 5.69 Å². The first-order chi connectivity index (χ1) is 8.20. The third kappa shape index (κ3) is 2.28. The summed E-state index contributed by atoms with van der Waals surface area (Å²) in [6, 6.07) is 11.0. The number of para-hydroxylation sites is 1. The molecule has 1 aromatic carbocycles. The number of amides is 2. The van der Waals surface area contributed by atoms with Crippen LogP contribution in [-0.4, -0.2) is 35.2 Å². The number of urea groups is 1. The first-order valence-electron chi connectivity index (χ1n) is 5.26. The number of carbonyl (C=O) groups is 1. The molecule has 0 spiro atoms. The van der Waals surface area contributed by atoms with Crippen LogP contribution < -0.4 is 4.90 Å². The van der Waals surface area contributed by atoms with Crippen molar-refractivity contribution >= 4 is 17.5 Å². The lowest BCUT2D eigenvalue weighted by Crippen LogP contribution is -2.36. The zero-order valence-corrected chi connectivity index (χ0v) is 9.79. The van der Waals surface area contributed by atoms with Crippen LogP contribution in [0.3, 0.4) is 0 Å². The Kier molecular flexibility index (Phi) is 3.09. The molecule has 5 nitrogen and oxygen atoms in total. The maximum Gasteiger partial charge on any atom is 0.329 e. The Morgan fingerprint density at radius 1 is 1.18 bits per heavy atom. The Hall–Kier alpha value is -2.30. The van der Waals surface area contributed by atoms with Crippen LogP contribution in [0.4, 0.5) is 16.3 Å². The van der Waals surface area contributed by atoms with E-state index in [1.165, 1.54) is 4.90 Å². The fraction of sp³-hybridized carbons (Fsp3) is 0.167. The van der Waals surface area contributed by atoms with Gasteiger partial charge in [0.25, 0.3) is 0 Å². The topological polar surface area (TPSA) is 52.2 Å². The predicted molar refractivity (Wildman–Crippen MR) is 66.3 cm³/mol. The Labute approximate surface area is 99.7 Å². The van der Waals surface area contributed by atoms with Crippen molar-refractivity contribution in [2.24, 2.45) is 0 Å². The van der Waals surface area contributed by atoms with E-state index < -0.39 is 0 Å². The lowest BCUT2D eigenvalue weighted by molar-refractivity contribution is 0.226. The highest BCUT2D eigenvalue weighted by Crippen LogP contribution is 2.23. The summed E-state index contributed by atoms with van der Waals surface area (Å²) in [5, 5.41) is 6.76. The molecule has 1 heterocycles. The highest BCUT2D eigenvalue weighted by molar-refractivity contribution is 5.98. The number of aromatic nitrogens is 2. The maximum atomic E-state index is 12.1. The van der Waals surface area contributed by atoms with Crippen LogP contribution in [-0.2, 0) is 0 Å². The molecule has 1 N–H and O–H groups in total. The van der Waals surface area contributed by atoms with Gasteiger partial charge in [-0.05, 0) is 12.1 Å². The van der Waals surface area contributed by atoms with E-state index in [0.717, 1.165) is 5.69 Å². The van der Waals surface area contributed by atoms with Crippen molar-refractivity contribution in [3.8, 4) is 0 Å². The second-order valence-electron chi connectivity index (χ2n) is 3.78. The molecule has 0 unspecified atom stereocenters. The summed E-state index contributed by atoms with van der Waals surface area (Å²) in [6.07, 6.45) is 1.69. The van der Waals surface area contributed by atoms with Crippen LogP contribution in [0.5, 0.6) is 0 Å². The van der Waals surface area contributed by atoms with Crippen LogP contribution in [0.25, 0.3) is 0 Å². The molecular weight excluding hydrogens is 216 g/mol. The normalized spacial score (nSPS) is 10.0. The van der Waals surface area contributed by atoms with Gasteiger partial charge in [-0.3, -0.25) is 5.10 Å². The van der Waals surface area contributed by atoms with Gasteiger partial charge >= 0.3 is 6.03 Å². The van der Waals surface area contributed by atoms with Crippen molar-refractivity contribution in [2.75, 3.05) is 19.0 Å². The molecule has 2 amide bonds. The van der Waals surface area contributed by atoms with E-state index >= 15 is 0 Å². The number of nitrogens with one attached hydrogen (secondary N) is 1. The van der Waals surface area contributed by atoms with Gasteiger partial charge in [-0.15, -0.1) is 0 Å². The van der Waals surface area contributed by atoms with Crippen LogP contribution in [0.1, 0.15) is 0 Å². The predicted octanol–water partition coefficient (Wildman–Crippen LogP) is 2.23. The van der Waals surface area contributed by atoms with E-state index in [-0.39, 0.29) is 6.03 Å². The minimum Gasteiger partial charge on any atom is -0.330 e. The van der Waals surface area contributed by atoms with E-state index in [2.05, 4.69) is 10.2 Å². The lowest BCUT2D eigenvalue weighted by atomic mass is 10.3. The molecule has 0 saturated heterocycles. The molecule has 0 bridgehead atoms. The number of H-pyrrole nitrogens is 1. The fourth-order valence-corrected chi connectivity index (χ4v) is 1.49. The molecular formula is C12H14N4O. The van der Waals surface area contributed by atoms with Crippen molar-refractivity contribution in [3.05, 3.63) is 42.6 Å². The SMILES string of the molecule is CN(C)C(=O)N(c1ccccc1)c1cc[nH]n1. The van der Waals surface area contributed by atoms with Crippen molar-refractivity contribution < 1.29 is 4.79 Å². The number of anilines is 2. The first kappa shape index (κ1) is 11.2. The van der Waals surface area contributed by atoms with E-state index in [4.69, 9.17) is 0 Å². The highest BCUT2D eigenvalue weighted by atomic mass is 16.2. The molecule has 0 aliphatic heterocycles. The van der Waals surface area contributed by atoms with Crippen LogP contribution in [0, 0.1) is 0 Å². The van der Waals surface area contributed by atoms with Crippen molar-refractivity contribution in [2.45, 2.75) is 0 Å². The van der Waals surface area contributed by atoms with Crippen LogP contribution >= 0.6 is 0 Å². The Morgan fingerprint density at radius 3 is 2.41 bits per heavy atom. The van der Waals surface area contributed by atoms with Gasteiger partial charge in [0, 0.05) is 26.4 Å². The number of carbonyl (C=O) groups excluding carboxylic acids is 1. The van der Waals surface area contributed by atoms with Gasteiger partial charge in [0.1, 0.15) is 0 Å². The van der Waals surface area contributed by atoms with Gasteiger partial charge in [-0.2, -0.15) is 5.10 Å². The third-order valence-corrected chi connectivity index (χ3v) is 2.30. The molecule has 0 radical (unpaired) electrons. The smallest absolute Gasteiger partial charge is 0.329 e. The molecule has 2 rings (SSSR count). The van der Waals surface area contributed by atoms with Gasteiger partial charge in [-0.25, -0.2) is 9.69 Å². The van der Waals surface area contributed by atoms with Gasteiger partial charge in [0.15, 0.2) is 5.82 Å². The Morgan fingerprint density at radius 2 is 1.88 bits per heavy atom. The quantitative estimate of drug-likeness (QED) is 0.860. The summed E-state index contributed by atoms with van der Waals surface area (Å²) >= 11 is 0. The fourth-order valence-electron chi connectivity index (χ4n) is 1.49. The van der Waals surface area contributed by atoms with Crippen molar-refractivity contribution in [1.82, 2.24) is 15.1 Å². The summed E-state index contributed by atoms with van der Waals surface area (Å²) in [5.41, 5.74) is 0.790. The molecule has 17 heavy (non-hydrogen) atoms. The van der Waals surface area contributed by atoms with E-state index in [9.17, 15) is 4.79 Å². The van der Waals surface area contributed by atoms with E-state index in [1.54, 1.807) is 31.3 Å². The number of hydrogen-bond acceptors (Lipinski definition) is 2. The summed E-state index contributed by atoms with van der Waals surface area (Å²) in [7, 11) is 3.43. The van der Waals surface area contributed by atoms with E-state index in [1.807, 2.05) is 30.3 Å². The molecule has 0 atom stereocenters. The monoisotopic (exact) mass is 230 g/mol. The van der Waals surface area contributed by atoms with Gasteiger partial charge in [-0.1, -0.05) is 18.2 Å². The zero-order valence-electron chi connectivity index (χ0n) is 9.79. The van der Waals surface area contributed by atoms with Crippen LogP contribution in [0.2, 0.25) is 0 Å². The number of rotatable bonds is 2. The minimum atomic E-state index is -0.136. The summed E-state index contributed by atoms with van der Waals surface area (Å²) in [5.74, 6) is 0.579. The van der Waals surface area contributed by atoms with Crippen LogP contribution in [0.15, 0.2) is 42.6 Å². The third-order valence-electron chi connectivity index (χ3n) is 2.30. The average molecular weight is 230 g/mol. The van der Waals surface area contributed by atoms with Gasteiger partial charge < -0.3 is 4.90 Å². The molecule has 0 saturated carbocycles. The zero-order chi connectivity index (χ0) is 12.3. The van der Waals surface area contributed by atoms with Crippen molar-refractivity contribution in [3.63, 3.8) is 0 Å². The second kappa shape index (κ2) is 4.69. The van der Waals surface area contributed by atoms with Crippen molar-refractivity contribution in [1.29, 1.82) is 0 Å². The average Bonchev–Trinajstić information content (AvgIpc) is 2.84. The maximum absolute atomic E-state index is 12.1. The standard InChI is InChI=1S/C12H14N4O/c1-15(2)12(17)16(11-8-9-13-14-11)10-6-4-3-5-7-10/h3-9H,1-2H3,(H,13,14). The first-order valence-corrected chi connectivity index (χ1v) is 5.26. The number of nitrogens with zero attached hydrogens (tertiary/aromatic N) is 3. The number of aromatic amines is 1. The highest BCUT2D eigenvalue weighted by Gasteiger charge is 2.20. The minimum absolute atomic E-state index is 0.136. The molecule has 2 aromatic rings. The van der Waals surface area contributed by atoms with E-state index in [0.29, 0.717) is 5.82 Å². The number of hydrogen-bond donors (Lipinski definition) is 1. The molecule has 88 valence electrons.